The summed E-state index contributed by atoms with van der Waals surface area (Å²) in [5.74, 6) is 5.47. The Morgan fingerprint density at radius 1 is 1.28 bits per heavy atom. The Hall–Kier alpha value is -0.593. The predicted molar refractivity (Wildman–Crippen MR) is 80.1 cm³/mol. The summed E-state index contributed by atoms with van der Waals surface area (Å²) in [6.45, 7) is 13.3. The Balaban J connectivity index is 4.62. The van der Waals surface area contributed by atoms with E-state index in [-0.39, 0.29) is 11.1 Å². The van der Waals surface area contributed by atoms with Gasteiger partial charge in [-0.25, -0.2) is 0 Å². The minimum Gasteiger partial charge on any atom is -0.403 e. The summed E-state index contributed by atoms with van der Waals surface area (Å²) >= 11 is 0. The Kier molecular flexibility index (Phi) is 7.50. The van der Waals surface area contributed by atoms with Crippen LogP contribution in [0.15, 0.2) is 0 Å². The summed E-state index contributed by atoms with van der Waals surface area (Å²) in [6, 6.07) is 0. The molecule has 0 aliphatic carbocycles. The maximum atomic E-state index is 10.4. The number of unbranched alkanes of at least 4 members (excludes halogenated alkanes) is 2. The first-order valence-electron chi connectivity index (χ1n) is 6.87. The van der Waals surface area contributed by atoms with Gasteiger partial charge >= 0.3 is 0 Å². The topological polar surface area (TPSA) is 26.3 Å². The Morgan fingerprint density at radius 2 is 1.89 bits per heavy atom. The van der Waals surface area contributed by atoms with Crippen molar-refractivity contribution in [2.75, 3.05) is 0 Å². The van der Waals surface area contributed by atoms with Crippen molar-refractivity contribution in [1.29, 1.82) is 0 Å². The molecular formula is C15H28O2Si. The zero-order chi connectivity index (χ0) is 14.2. The fraction of sp³-hybridized carbons (Fsp3) is 0.800. The molecule has 0 rings (SSSR count). The number of carbonyl (C=O) groups is 1. The molecule has 0 aliphatic heterocycles. The normalized spacial score (nSPS) is 13.7. The van der Waals surface area contributed by atoms with Crippen LogP contribution in [0.1, 0.15) is 53.4 Å². The molecule has 3 heteroatoms. The van der Waals surface area contributed by atoms with Gasteiger partial charge in [-0.15, -0.1) is 0 Å². The molecule has 0 unspecified atom stereocenters. The third-order valence-electron chi connectivity index (χ3n) is 3.62. The maximum absolute atomic E-state index is 10.4. The van der Waals surface area contributed by atoms with Crippen LogP contribution < -0.4 is 0 Å². The van der Waals surface area contributed by atoms with E-state index in [1.54, 1.807) is 0 Å². The van der Waals surface area contributed by atoms with Crippen molar-refractivity contribution in [2.45, 2.75) is 77.6 Å². The SMILES string of the molecule is CCCCC[C@H](C#CC=O)O[Si](C)(C)C(C)(C)C. The van der Waals surface area contributed by atoms with E-state index in [1.165, 1.54) is 12.8 Å². The monoisotopic (exact) mass is 268 g/mol. The highest BCUT2D eigenvalue weighted by molar-refractivity contribution is 6.74. The Morgan fingerprint density at radius 3 is 2.33 bits per heavy atom. The number of hydrogen-bond acceptors (Lipinski definition) is 2. The van der Waals surface area contributed by atoms with Crippen molar-refractivity contribution in [2.24, 2.45) is 0 Å². The standard InChI is InChI=1S/C15H28O2Si/c1-7-8-9-11-14(12-10-13-16)17-18(5,6)15(2,3)4/h13-14H,7-9,11H2,1-6H3/t14-/m1/s1. The van der Waals surface area contributed by atoms with Crippen LogP contribution in [0.5, 0.6) is 0 Å². The molecule has 0 aromatic rings. The van der Waals surface area contributed by atoms with Gasteiger partial charge in [0.05, 0.1) is 0 Å². The van der Waals surface area contributed by atoms with E-state index in [0.29, 0.717) is 6.29 Å². The Bertz CT molecular complexity index is 305. The molecule has 0 aliphatic rings. The van der Waals surface area contributed by atoms with Crippen molar-refractivity contribution in [3.63, 3.8) is 0 Å². The highest BCUT2D eigenvalue weighted by atomic mass is 28.4. The lowest BCUT2D eigenvalue weighted by atomic mass is 10.1. The van der Waals surface area contributed by atoms with Crippen molar-refractivity contribution >= 4 is 14.6 Å². The minimum atomic E-state index is -1.80. The summed E-state index contributed by atoms with van der Waals surface area (Å²) < 4.78 is 6.26. The molecule has 0 aromatic heterocycles. The lowest BCUT2D eigenvalue weighted by Gasteiger charge is -2.38. The molecule has 18 heavy (non-hydrogen) atoms. The average molecular weight is 268 g/mol. The van der Waals surface area contributed by atoms with Gasteiger partial charge in [-0.05, 0) is 36.9 Å². The molecule has 0 amide bonds. The summed E-state index contributed by atoms with van der Waals surface area (Å²) in [7, 11) is -1.80. The molecule has 0 aromatic carbocycles. The molecule has 0 bridgehead atoms. The van der Waals surface area contributed by atoms with Gasteiger partial charge in [-0.2, -0.15) is 0 Å². The lowest BCUT2D eigenvalue weighted by Crippen LogP contribution is -2.43. The van der Waals surface area contributed by atoms with Gasteiger partial charge in [0.2, 0.25) is 0 Å². The van der Waals surface area contributed by atoms with Crippen LogP contribution in [-0.2, 0) is 9.22 Å². The first-order valence-corrected chi connectivity index (χ1v) is 9.78. The van der Waals surface area contributed by atoms with Crippen LogP contribution in [0.2, 0.25) is 18.1 Å². The molecule has 104 valence electrons. The molecule has 0 saturated carbocycles. The van der Waals surface area contributed by atoms with E-state index in [9.17, 15) is 4.79 Å². The van der Waals surface area contributed by atoms with Crippen molar-refractivity contribution in [3.8, 4) is 11.8 Å². The number of carbonyl (C=O) groups excluding carboxylic acids is 1. The molecule has 0 spiro atoms. The van der Waals surface area contributed by atoms with E-state index >= 15 is 0 Å². The largest absolute Gasteiger partial charge is 0.403 e. The van der Waals surface area contributed by atoms with E-state index in [1.807, 2.05) is 0 Å². The van der Waals surface area contributed by atoms with E-state index < -0.39 is 8.32 Å². The molecule has 0 saturated heterocycles. The number of aldehydes is 1. The second kappa shape index (κ2) is 7.76. The van der Waals surface area contributed by atoms with Gasteiger partial charge in [-0.3, -0.25) is 4.79 Å². The van der Waals surface area contributed by atoms with Gasteiger partial charge in [0.15, 0.2) is 14.6 Å². The highest BCUT2D eigenvalue weighted by Crippen LogP contribution is 2.37. The van der Waals surface area contributed by atoms with Gasteiger partial charge in [0.25, 0.3) is 0 Å². The van der Waals surface area contributed by atoms with Crippen molar-refractivity contribution < 1.29 is 9.22 Å². The quantitative estimate of drug-likeness (QED) is 0.313. The maximum Gasteiger partial charge on any atom is 0.193 e. The van der Waals surface area contributed by atoms with Crippen LogP contribution in [0.3, 0.4) is 0 Å². The van der Waals surface area contributed by atoms with E-state index in [0.717, 1.165) is 12.8 Å². The third kappa shape index (κ3) is 6.37. The second-order valence-corrected chi connectivity index (χ2v) is 11.0. The van der Waals surface area contributed by atoms with Gasteiger partial charge in [0, 0.05) is 0 Å². The first kappa shape index (κ1) is 17.4. The summed E-state index contributed by atoms with van der Waals surface area (Å²) in [4.78, 5) is 10.4. The van der Waals surface area contributed by atoms with Gasteiger partial charge in [0.1, 0.15) is 6.10 Å². The average Bonchev–Trinajstić information content (AvgIpc) is 2.24. The van der Waals surface area contributed by atoms with Crippen LogP contribution in [0, 0.1) is 11.8 Å². The first-order chi connectivity index (χ1) is 8.24. The zero-order valence-corrected chi connectivity index (χ0v) is 13.8. The molecule has 0 N–H and O–H groups in total. The van der Waals surface area contributed by atoms with Crippen molar-refractivity contribution in [1.82, 2.24) is 0 Å². The van der Waals surface area contributed by atoms with Gasteiger partial charge < -0.3 is 4.43 Å². The second-order valence-electron chi connectivity index (χ2n) is 6.27. The molecular weight excluding hydrogens is 240 g/mol. The summed E-state index contributed by atoms with van der Waals surface area (Å²) in [6.07, 6.45) is 5.00. The molecule has 0 radical (unpaired) electrons. The summed E-state index contributed by atoms with van der Waals surface area (Å²) in [5, 5.41) is 0.179. The molecule has 2 nitrogen and oxygen atoms in total. The minimum absolute atomic E-state index is 0.0809. The molecule has 1 atom stereocenters. The third-order valence-corrected chi connectivity index (χ3v) is 8.10. The zero-order valence-electron chi connectivity index (χ0n) is 12.8. The number of hydrogen-bond donors (Lipinski definition) is 0. The fourth-order valence-electron chi connectivity index (χ4n) is 1.40. The Labute approximate surface area is 114 Å². The van der Waals surface area contributed by atoms with Crippen LogP contribution >= 0.6 is 0 Å². The lowest BCUT2D eigenvalue weighted by molar-refractivity contribution is -0.103. The fourth-order valence-corrected chi connectivity index (χ4v) is 2.64. The number of rotatable bonds is 6. The van der Waals surface area contributed by atoms with Crippen molar-refractivity contribution in [3.05, 3.63) is 0 Å². The van der Waals surface area contributed by atoms with Crippen LogP contribution in [-0.4, -0.2) is 20.7 Å². The predicted octanol–water partition coefficient (Wildman–Crippen LogP) is 4.16. The van der Waals surface area contributed by atoms with E-state index in [2.05, 4.69) is 52.6 Å². The molecule has 0 fully saturated rings. The van der Waals surface area contributed by atoms with Gasteiger partial charge in [-0.1, -0.05) is 46.5 Å². The molecule has 0 heterocycles. The van der Waals surface area contributed by atoms with E-state index in [4.69, 9.17) is 4.43 Å². The summed E-state index contributed by atoms with van der Waals surface area (Å²) in [5.41, 5.74) is 0. The van der Waals surface area contributed by atoms with Crippen LogP contribution in [0.4, 0.5) is 0 Å². The smallest absolute Gasteiger partial charge is 0.193 e. The van der Waals surface area contributed by atoms with Crippen LogP contribution in [0.25, 0.3) is 0 Å². The highest BCUT2D eigenvalue weighted by Gasteiger charge is 2.38.